The first-order valence-corrected chi connectivity index (χ1v) is 9.50. The van der Waals surface area contributed by atoms with Crippen molar-refractivity contribution in [2.75, 3.05) is 5.32 Å². The molecule has 7 heteroatoms. The molecule has 0 saturated heterocycles. The summed E-state index contributed by atoms with van der Waals surface area (Å²) in [4.78, 5) is 12.3. The predicted octanol–water partition coefficient (Wildman–Crippen LogP) is 6.01. The Morgan fingerprint density at radius 2 is 1.59 bits per heavy atom. The first-order valence-electron chi connectivity index (χ1n) is 8.71. The molecule has 4 aromatic rings. The molecule has 5 nitrogen and oxygen atoms in total. The van der Waals surface area contributed by atoms with E-state index in [1.165, 1.54) is 0 Å². The Labute approximate surface area is 177 Å². The van der Waals surface area contributed by atoms with Crippen LogP contribution >= 0.6 is 23.8 Å². The molecule has 0 aliphatic heterocycles. The molecule has 0 fully saturated rings. The Kier molecular flexibility index (Phi) is 5.46. The molecule has 3 aromatic carbocycles. The van der Waals surface area contributed by atoms with Gasteiger partial charge in [-0.15, -0.1) is 0 Å². The average molecular weight is 423 g/mol. The van der Waals surface area contributed by atoms with Gasteiger partial charge in [-0.1, -0.05) is 29.8 Å². The van der Waals surface area contributed by atoms with E-state index in [1.54, 1.807) is 60.7 Å². The highest BCUT2D eigenvalue weighted by atomic mass is 35.5. The zero-order chi connectivity index (χ0) is 20.2. The minimum atomic E-state index is -0.415. The van der Waals surface area contributed by atoms with Gasteiger partial charge in [-0.2, -0.15) is 0 Å². The number of carbonyl (C=O) groups is 1. The quantitative estimate of drug-likeness (QED) is 0.394. The molecule has 0 spiro atoms. The summed E-state index contributed by atoms with van der Waals surface area (Å²) in [6, 6.07) is 23.4. The van der Waals surface area contributed by atoms with Crippen LogP contribution in [0.25, 0.3) is 11.0 Å². The first kappa shape index (κ1) is 19.0. The van der Waals surface area contributed by atoms with Crippen LogP contribution in [0, 0.1) is 0 Å². The van der Waals surface area contributed by atoms with Crippen molar-refractivity contribution >= 4 is 51.5 Å². The molecule has 0 bridgehead atoms. The van der Waals surface area contributed by atoms with Crippen LogP contribution in [0.4, 0.5) is 5.69 Å². The first-order chi connectivity index (χ1) is 14.1. The standard InChI is InChI=1S/C22H15ClN2O3S/c23-15-5-9-17(10-6-15)27-18-11-7-16(8-12-18)24-22(29)25-21(26)20-13-14-3-1-2-4-19(14)28-20/h1-13H,(H2,24,25,26,29). The van der Waals surface area contributed by atoms with Crippen molar-refractivity contribution < 1.29 is 13.9 Å². The van der Waals surface area contributed by atoms with Crippen LogP contribution in [-0.4, -0.2) is 11.0 Å². The summed E-state index contributed by atoms with van der Waals surface area (Å²) in [5.41, 5.74) is 1.36. The second-order valence-electron chi connectivity index (χ2n) is 6.14. The Hall–Kier alpha value is -3.35. The second kappa shape index (κ2) is 8.34. The summed E-state index contributed by atoms with van der Waals surface area (Å²) in [6.45, 7) is 0. The summed E-state index contributed by atoms with van der Waals surface area (Å²) in [5, 5.41) is 7.24. The number of benzene rings is 3. The van der Waals surface area contributed by atoms with Crippen molar-refractivity contribution in [2.24, 2.45) is 0 Å². The van der Waals surface area contributed by atoms with E-state index >= 15 is 0 Å². The van der Waals surface area contributed by atoms with Gasteiger partial charge in [0.05, 0.1) is 0 Å². The minimum absolute atomic E-state index is 0.168. The van der Waals surface area contributed by atoms with E-state index in [9.17, 15) is 4.79 Å². The van der Waals surface area contributed by atoms with Gasteiger partial charge in [0, 0.05) is 16.1 Å². The molecule has 0 saturated carbocycles. The zero-order valence-electron chi connectivity index (χ0n) is 15.0. The van der Waals surface area contributed by atoms with Crippen LogP contribution in [0.2, 0.25) is 5.02 Å². The fraction of sp³-hybridized carbons (Fsp3) is 0. The number of nitrogens with one attached hydrogen (secondary N) is 2. The topological polar surface area (TPSA) is 63.5 Å². The van der Waals surface area contributed by atoms with E-state index in [0.29, 0.717) is 27.8 Å². The highest BCUT2D eigenvalue weighted by molar-refractivity contribution is 7.80. The minimum Gasteiger partial charge on any atom is -0.457 e. The third kappa shape index (κ3) is 4.74. The Morgan fingerprint density at radius 1 is 0.931 bits per heavy atom. The number of para-hydroxylation sites is 1. The number of fused-ring (bicyclic) bond motifs is 1. The molecule has 1 aromatic heterocycles. The Balaban J connectivity index is 1.35. The van der Waals surface area contributed by atoms with E-state index in [-0.39, 0.29) is 10.9 Å². The summed E-state index contributed by atoms with van der Waals surface area (Å²) >= 11 is 11.1. The van der Waals surface area contributed by atoms with Crippen LogP contribution in [0.5, 0.6) is 11.5 Å². The smallest absolute Gasteiger partial charge is 0.293 e. The second-order valence-corrected chi connectivity index (χ2v) is 6.98. The summed E-state index contributed by atoms with van der Waals surface area (Å²) in [6.07, 6.45) is 0. The summed E-state index contributed by atoms with van der Waals surface area (Å²) < 4.78 is 11.3. The highest BCUT2D eigenvalue weighted by Gasteiger charge is 2.13. The number of amides is 1. The van der Waals surface area contributed by atoms with Crippen LogP contribution in [-0.2, 0) is 0 Å². The van der Waals surface area contributed by atoms with Gasteiger partial charge in [-0.05, 0) is 72.9 Å². The number of furan rings is 1. The fourth-order valence-electron chi connectivity index (χ4n) is 2.67. The SMILES string of the molecule is O=C(NC(=S)Nc1ccc(Oc2ccc(Cl)cc2)cc1)c1cc2ccccc2o1. The predicted molar refractivity (Wildman–Crippen MR) is 118 cm³/mol. The summed E-state index contributed by atoms with van der Waals surface area (Å²) in [7, 11) is 0. The monoisotopic (exact) mass is 422 g/mol. The van der Waals surface area contributed by atoms with E-state index in [4.69, 9.17) is 33.0 Å². The number of ether oxygens (including phenoxy) is 1. The molecule has 0 aliphatic rings. The van der Waals surface area contributed by atoms with E-state index in [1.807, 2.05) is 18.2 Å². The molecule has 1 amide bonds. The van der Waals surface area contributed by atoms with Gasteiger partial charge in [0.2, 0.25) is 0 Å². The molecular formula is C22H15ClN2O3S. The van der Waals surface area contributed by atoms with Gasteiger partial charge in [0.15, 0.2) is 10.9 Å². The molecule has 144 valence electrons. The van der Waals surface area contributed by atoms with Crippen LogP contribution in [0.15, 0.2) is 83.3 Å². The van der Waals surface area contributed by atoms with Gasteiger partial charge in [-0.25, -0.2) is 0 Å². The van der Waals surface area contributed by atoms with E-state index in [2.05, 4.69) is 10.6 Å². The third-order valence-corrected chi connectivity index (χ3v) is 4.49. The fourth-order valence-corrected chi connectivity index (χ4v) is 3.00. The molecule has 4 rings (SSSR count). The molecule has 0 unspecified atom stereocenters. The molecule has 0 aliphatic carbocycles. The van der Waals surface area contributed by atoms with Crippen LogP contribution in [0.1, 0.15) is 10.6 Å². The van der Waals surface area contributed by atoms with E-state index < -0.39 is 5.91 Å². The maximum absolute atomic E-state index is 12.3. The van der Waals surface area contributed by atoms with Gasteiger partial charge in [0.1, 0.15) is 17.1 Å². The van der Waals surface area contributed by atoms with Crippen molar-refractivity contribution in [3.05, 3.63) is 89.6 Å². The molecule has 1 heterocycles. The lowest BCUT2D eigenvalue weighted by Crippen LogP contribution is -2.33. The number of hydrogen-bond acceptors (Lipinski definition) is 4. The van der Waals surface area contributed by atoms with Crippen LogP contribution < -0.4 is 15.4 Å². The Morgan fingerprint density at radius 3 is 2.28 bits per heavy atom. The number of hydrogen-bond donors (Lipinski definition) is 2. The maximum Gasteiger partial charge on any atom is 0.293 e. The van der Waals surface area contributed by atoms with Crippen molar-refractivity contribution in [3.8, 4) is 11.5 Å². The highest BCUT2D eigenvalue weighted by Crippen LogP contribution is 2.24. The van der Waals surface area contributed by atoms with Gasteiger partial charge in [0.25, 0.3) is 5.91 Å². The summed E-state index contributed by atoms with van der Waals surface area (Å²) in [5.74, 6) is 1.13. The third-order valence-electron chi connectivity index (χ3n) is 4.04. The van der Waals surface area contributed by atoms with Crippen molar-refractivity contribution in [2.45, 2.75) is 0 Å². The molecule has 2 N–H and O–H groups in total. The molecule has 29 heavy (non-hydrogen) atoms. The lowest BCUT2D eigenvalue weighted by atomic mass is 10.2. The Bertz CT molecular complexity index is 1140. The van der Waals surface area contributed by atoms with Crippen molar-refractivity contribution in [1.29, 1.82) is 0 Å². The maximum atomic E-state index is 12.3. The number of rotatable bonds is 4. The van der Waals surface area contributed by atoms with Gasteiger partial charge < -0.3 is 14.5 Å². The van der Waals surface area contributed by atoms with E-state index in [0.717, 1.165) is 5.39 Å². The number of thiocarbonyl (C=S) groups is 1. The van der Waals surface area contributed by atoms with Gasteiger partial charge in [-0.3, -0.25) is 10.1 Å². The lowest BCUT2D eigenvalue weighted by molar-refractivity contribution is 0.0953. The zero-order valence-corrected chi connectivity index (χ0v) is 16.6. The lowest BCUT2D eigenvalue weighted by Gasteiger charge is -2.10. The van der Waals surface area contributed by atoms with Crippen LogP contribution in [0.3, 0.4) is 0 Å². The van der Waals surface area contributed by atoms with Crippen molar-refractivity contribution in [1.82, 2.24) is 5.32 Å². The molecule has 0 atom stereocenters. The molecular weight excluding hydrogens is 408 g/mol. The van der Waals surface area contributed by atoms with Gasteiger partial charge >= 0.3 is 0 Å². The molecule has 0 radical (unpaired) electrons. The number of halogens is 1. The normalized spacial score (nSPS) is 10.5. The average Bonchev–Trinajstić information content (AvgIpc) is 3.16. The number of carbonyl (C=O) groups excluding carboxylic acids is 1. The van der Waals surface area contributed by atoms with Crippen molar-refractivity contribution in [3.63, 3.8) is 0 Å². The largest absolute Gasteiger partial charge is 0.457 e. The number of anilines is 1.